The number of para-hydroxylation sites is 1. The molecule has 2 heteroatoms. The Morgan fingerprint density at radius 2 is 1.62 bits per heavy atom. The van der Waals surface area contributed by atoms with Crippen molar-refractivity contribution in [3.8, 4) is 11.8 Å². The van der Waals surface area contributed by atoms with Gasteiger partial charge in [-0.3, -0.25) is 0 Å². The lowest BCUT2D eigenvalue weighted by Gasteiger charge is -2.08. The second kappa shape index (κ2) is 11.6. The number of ether oxygens (including phenoxy) is 1. The number of methoxy groups -OCH3 is 1. The summed E-state index contributed by atoms with van der Waals surface area (Å²) in [5, 5.41) is 8.70. The van der Waals surface area contributed by atoms with Gasteiger partial charge in [0, 0.05) is 5.56 Å². The lowest BCUT2D eigenvalue weighted by Crippen LogP contribution is -1.94. The molecule has 0 saturated carbocycles. The molecule has 0 amide bonds. The minimum absolute atomic E-state index is 0.110. The summed E-state index contributed by atoms with van der Waals surface area (Å²) in [7, 11) is 1.61. The van der Waals surface area contributed by atoms with Crippen molar-refractivity contribution in [2.45, 2.75) is 40.5 Å². The van der Waals surface area contributed by atoms with Crippen LogP contribution in [0, 0.1) is 11.3 Å². The van der Waals surface area contributed by atoms with Gasteiger partial charge < -0.3 is 4.74 Å². The van der Waals surface area contributed by atoms with Gasteiger partial charge in [-0.2, -0.15) is 5.26 Å². The highest BCUT2D eigenvalue weighted by molar-refractivity contribution is 5.38. The fourth-order valence-corrected chi connectivity index (χ4v) is 1.09. The van der Waals surface area contributed by atoms with E-state index in [-0.39, 0.29) is 5.92 Å². The average Bonchev–Trinajstić information content (AvgIpc) is 2.42. The van der Waals surface area contributed by atoms with E-state index >= 15 is 0 Å². The first-order valence-electron chi connectivity index (χ1n) is 5.82. The third kappa shape index (κ3) is 5.41. The Morgan fingerprint density at radius 3 is 2.06 bits per heavy atom. The first kappa shape index (κ1) is 16.9. The molecule has 1 unspecified atom stereocenters. The summed E-state index contributed by atoms with van der Waals surface area (Å²) in [6.07, 6.45) is 0. The van der Waals surface area contributed by atoms with Crippen LogP contribution in [0.3, 0.4) is 0 Å². The van der Waals surface area contributed by atoms with E-state index in [4.69, 9.17) is 10.00 Å². The first-order valence-corrected chi connectivity index (χ1v) is 5.82. The molecule has 0 fully saturated rings. The molecule has 1 atom stereocenters. The molecule has 1 aromatic carbocycles. The quantitative estimate of drug-likeness (QED) is 0.742. The predicted molar refractivity (Wildman–Crippen MR) is 69.7 cm³/mol. The monoisotopic (exact) mass is 221 g/mol. The molecule has 90 valence electrons. The van der Waals surface area contributed by atoms with Crippen LogP contribution in [0.2, 0.25) is 0 Å². The molecule has 0 aliphatic carbocycles. The smallest absolute Gasteiger partial charge is 0.123 e. The molecule has 2 nitrogen and oxygen atoms in total. The summed E-state index contributed by atoms with van der Waals surface area (Å²) in [4.78, 5) is 0. The maximum Gasteiger partial charge on any atom is 0.123 e. The molecular weight excluding hydrogens is 198 g/mol. The molecule has 1 rings (SSSR count). The van der Waals surface area contributed by atoms with Crippen molar-refractivity contribution in [3.63, 3.8) is 0 Å². The van der Waals surface area contributed by atoms with Gasteiger partial charge in [-0.25, -0.2) is 0 Å². The molecule has 0 spiro atoms. The van der Waals surface area contributed by atoms with Crippen LogP contribution in [0.4, 0.5) is 0 Å². The van der Waals surface area contributed by atoms with Crippen molar-refractivity contribution in [1.29, 1.82) is 5.26 Å². The third-order valence-electron chi connectivity index (χ3n) is 1.80. The lowest BCUT2D eigenvalue weighted by molar-refractivity contribution is 0.409. The van der Waals surface area contributed by atoms with E-state index in [1.54, 1.807) is 7.11 Å². The molecule has 0 aromatic heterocycles. The Balaban J connectivity index is 0. The van der Waals surface area contributed by atoms with E-state index in [9.17, 15) is 0 Å². The molecule has 0 heterocycles. The minimum Gasteiger partial charge on any atom is -0.496 e. The van der Waals surface area contributed by atoms with Crippen molar-refractivity contribution in [1.82, 2.24) is 0 Å². The van der Waals surface area contributed by atoms with E-state index in [1.165, 1.54) is 0 Å². The van der Waals surface area contributed by atoms with Gasteiger partial charge in [0.1, 0.15) is 5.75 Å². The van der Waals surface area contributed by atoms with Crippen molar-refractivity contribution < 1.29 is 4.74 Å². The maximum atomic E-state index is 8.70. The molecule has 0 N–H and O–H groups in total. The van der Waals surface area contributed by atoms with Gasteiger partial charge >= 0.3 is 0 Å². The summed E-state index contributed by atoms with van der Waals surface area (Å²) in [5.41, 5.74) is 0.947. The predicted octanol–water partition coefficient (Wildman–Crippen LogP) is 4.37. The minimum atomic E-state index is -0.110. The van der Waals surface area contributed by atoms with Gasteiger partial charge in [-0.05, 0) is 13.0 Å². The van der Waals surface area contributed by atoms with Crippen molar-refractivity contribution in [2.75, 3.05) is 7.11 Å². The van der Waals surface area contributed by atoms with Gasteiger partial charge in [0.25, 0.3) is 0 Å². The van der Waals surface area contributed by atoms with Crippen LogP contribution in [0.1, 0.15) is 46.1 Å². The van der Waals surface area contributed by atoms with Gasteiger partial charge in [-0.15, -0.1) is 0 Å². The first-order chi connectivity index (χ1) is 7.79. The highest BCUT2D eigenvalue weighted by Crippen LogP contribution is 2.24. The molecule has 0 radical (unpaired) electrons. The maximum absolute atomic E-state index is 8.70. The Bertz CT molecular complexity index is 302. The molecule has 0 saturated heterocycles. The molecule has 0 bridgehead atoms. The summed E-state index contributed by atoms with van der Waals surface area (Å²) in [6, 6.07) is 9.75. The van der Waals surface area contributed by atoms with Crippen LogP contribution in [-0.2, 0) is 0 Å². The van der Waals surface area contributed by atoms with E-state index in [0.717, 1.165) is 11.3 Å². The zero-order valence-corrected chi connectivity index (χ0v) is 11.2. The highest BCUT2D eigenvalue weighted by Gasteiger charge is 2.08. The zero-order valence-electron chi connectivity index (χ0n) is 11.2. The summed E-state index contributed by atoms with van der Waals surface area (Å²) >= 11 is 0. The number of benzene rings is 1. The largest absolute Gasteiger partial charge is 0.496 e. The fourth-order valence-electron chi connectivity index (χ4n) is 1.09. The average molecular weight is 221 g/mol. The Hall–Kier alpha value is -1.49. The van der Waals surface area contributed by atoms with Crippen molar-refractivity contribution in [2.24, 2.45) is 0 Å². The number of nitrogens with zero attached hydrogens (tertiary/aromatic N) is 1. The lowest BCUT2D eigenvalue weighted by atomic mass is 10.0. The summed E-state index contributed by atoms with van der Waals surface area (Å²) in [5.74, 6) is 0.674. The van der Waals surface area contributed by atoms with E-state index in [1.807, 2.05) is 58.9 Å². The van der Waals surface area contributed by atoms with E-state index < -0.39 is 0 Å². The zero-order chi connectivity index (χ0) is 13.0. The standard InChI is InChI=1S/C10H11NO.2C2H6/c1-8(7-11)9-5-3-4-6-10(9)12-2;2*1-2/h3-6,8H,1-2H3;2*1-2H3. The third-order valence-corrected chi connectivity index (χ3v) is 1.80. The number of nitriles is 1. The Kier molecular flexibility index (Phi) is 12.3. The van der Waals surface area contributed by atoms with Gasteiger partial charge in [0.05, 0.1) is 19.1 Å². The number of rotatable bonds is 2. The van der Waals surface area contributed by atoms with Gasteiger partial charge in [0.15, 0.2) is 0 Å². The molecule has 1 aromatic rings. The number of hydrogen-bond acceptors (Lipinski definition) is 2. The molecule has 16 heavy (non-hydrogen) atoms. The van der Waals surface area contributed by atoms with Crippen molar-refractivity contribution in [3.05, 3.63) is 29.8 Å². The van der Waals surface area contributed by atoms with Crippen LogP contribution in [0.25, 0.3) is 0 Å². The topological polar surface area (TPSA) is 33.0 Å². The van der Waals surface area contributed by atoms with Crippen LogP contribution >= 0.6 is 0 Å². The Morgan fingerprint density at radius 1 is 1.12 bits per heavy atom. The Labute approximate surface area is 99.9 Å². The van der Waals surface area contributed by atoms with Crippen LogP contribution in [-0.4, -0.2) is 7.11 Å². The summed E-state index contributed by atoms with van der Waals surface area (Å²) in [6.45, 7) is 9.86. The van der Waals surface area contributed by atoms with E-state index in [0.29, 0.717) is 0 Å². The van der Waals surface area contributed by atoms with Crippen LogP contribution < -0.4 is 4.74 Å². The molecular formula is C14H23NO. The normalized spacial score (nSPS) is 9.56. The van der Waals surface area contributed by atoms with Crippen LogP contribution in [0.5, 0.6) is 5.75 Å². The molecule has 0 aliphatic rings. The van der Waals surface area contributed by atoms with Gasteiger partial charge in [0.2, 0.25) is 0 Å². The second-order valence-corrected chi connectivity index (χ2v) is 2.59. The second-order valence-electron chi connectivity index (χ2n) is 2.59. The summed E-state index contributed by atoms with van der Waals surface area (Å²) < 4.78 is 5.12. The van der Waals surface area contributed by atoms with E-state index in [2.05, 4.69) is 6.07 Å². The van der Waals surface area contributed by atoms with Crippen molar-refractivity contribution >= 4 is 0 Å². The van der Waals surface area contributed by atoms with Crippen LogP contribution in [0.15, 0.2) is 24.3 Å². The highest BCUT2D eigenvalue weighted by atomic mass is 16.5. The fraction of sp³-hybridized carbons (Fsp3) is 0.500. The number of hydrogen-bond donors (Lipinski definition) is 0. The molecule has 0 aliphatic heterocycles. The van der Waals surface area contributed by atoms with Gasteiger partial charge in [-0.1, -0.05) is 45.9 Å². The SMILES string of the molecule is CC.CC.COc1ccccc1C(C)C#N.